The lowest BCUT2D eigenvalue weighted by Gasteiger charge is -2.05. The smallest absolute Gasteiger partial charge is 0.338 e. The number of nitrogens with one attached hydrogen (secondary N) is 1. The van der Waals surface area contributed by atoms with Gasteiger partial charge in [-0.05, 0) is 31.3 Å². The predicted octanol–water partition coefficient (Wildman–Crippen LogP) is 2.61. The zero-order chi connectivity index (χ0) is 18.6. The number of hydrogen-bond donors (Lipinski definition) is 1. The van der Waals surface area contributed by atoms with Gasteiger partial charge in [-0.3, -0.25) is 0 Å². The Balaban J connectivity index is 1.63. The molecular weight excluding hydrogens is 356 g/mol. The normalized spacial score (nSPS) is 11.3. The van der Waals surface area contributed by atoms with Crippen LogP contribution in [0.2, 0.25) is 0 Å². The highest BCUT2D eigenvalue weighted by Gasteiger charge is 2.14. The van der Waals surface area contributed by atoms with Gasteiger partial charge in [0, 0.05) is 11.6 Å². The quantitative estimate of drug-likeness (QED) is 0.668. The lowest BCUT2D eigenvalue weighted by atomic mass is 10.1. The summed E-state index contributed by atoms with van der Waals surface area (Å²) >= 11 is 0. The van der Waals surface area contributed by atoms with Crippen LogP contribution in [0.3, 0.4) is 0 Å². The third kappa shape index (κ3) is 3.98. The van der Waals surface area contributed by atoms with Gasteiger partial charge in [0.25, 0.3) is 0 Å². The third-order valence-electron chi connectivity index (χ3n) is 3.64. The molecule has 0 radical (unpaired) electrons. The summed E-state index contributed by atoms with van der Waals surface area (Å²) in [7, 11) is -2.23. The van der Waals surface area contributed by atoms with Crippen LogP contribution in [0, 0.1) is 0 Å². The molecule has 0 bridgehead atoms. The first-order valence-corrected chi connectivity index (χ1v) is 9.19. The number of nitrogens with zero attached hydrogens (tertiary/aromatic N) is 1. The number of ether oxygens (including phenoxy) is 1. The molecule has 1 N–H and O–H groups in total. The summed E-state index contributed by atoms with van der Waals surface area (Å²) in [5.74, 6) is -0.178. The van der Waals surface area contributed by atoms with Crippen LogP contribution < -0.4 is 4.72 Å². The van der Waals surface area contributed by atoms with Gasteiger partial charge in [0.15, 0.2) is 12.4 Å². The Morgan fingerprint density at radius 2 is 1.81 bits per heavy atom. The number of benzene rings is 2. The van der Waals surface area contributed by atoms with Crippen molar-refractivity contribution >= 4 is 16.0 Å². The van der Waals surface area contributed by atoms with E-state index in [0.29, 0.717) is 11.5 Å². The van der Waals surface area contributed by atoms with Gasteiger partial charge >= 0.3 is 5.97 Å². The summed E-state index contributed by atoms with van der Waals surface area (Å²) in [5.41, 5.74) is 1.79. The third-order valence-corrected chi connectivity index (χ3v) is 5.07. The van der Waals surface area contributed by atoms with Gasteiger partial charge in [0.1, 0.15) is 5.69 Å². The molecule has 0 saturated carbocycles. The summed E-state index contributed by atoms with van der Waals surface area (Å²) < 4.78 is 35.9. The van der Waals surface area contributed by atoms with Crippen molar-refractivity contribution in [3.8, 4) is 11.3 Å². The number of aromatic nitrogens is 1. The molecule has 3 aromatic rings. The van der Waals surface area contributed by atoms with E-state index < -0.39 is 16.0 Å². The molecule has 134 valence electrons. The highest BCUT2D eigenvalue weighted by molar-refractivity contribution is 7.89. The summed E-state index contributed by atoms with van der Waals surface area (Å²) in [4.78, 5) is 12.1. The molecule has 0 amide bonds. The largest absolute Gasteiger partial charge is 0.454 e. The molecule has 0 spiro atoms. The van der Waals surface area contributed by atoms with Crippen molar-refractivity contribution in [1.29, 1.82) is 0 Å². The Kier molecular flexibility index (Phi) is 5.15. The van der Waals surface area contributed by atoms with E-state index in [2.05, 4.69) is 9.88 Å². The molecule has 0 aliphatic carbocycles. The summed E-state index contributed by atoms with van der Waals surface area (Å²) in [5, 5.41) is 3.95. The average Bonchev–Trinajstić information content (AvgIpc) is 3.16. The molecule has 1 aromatic heterocycles. The minimum absolute atomic E-state index is 0.0688. The zero-order valence-electron chi connectivity index (χ0n) is 13.9. The molecule has 2 aromatic carbocycles. The monoisotopic (exact) mass is 372 g/mol. The van der Waals surface area contributed by atoms with Crippen molar-refractivity contribution in [2.75, 3.05) is 7.05 Å². The van der Waals surface area contributed by atoms with Crippen LogP contribution in [-0.2, 0) is 21.4 Å². The number of carbonyl (C=O) groups excluding carboxylic acids is 1. The second-order valence-corrected chi connectivity index (χ2v) is 7.24. The van der Waals surface area contributed by atoms with E-state index in [1.165, 1.54) is 31.3 Å². The lowest BCUT2D eigenvalue weighted by Crippen LogP contribution is -2.18. The van der Waals surface area contributed by atoms with E-state index in [9.17, 15) is 13.2 Å². The molecule has 0 fully saturated rings. The van der Waals surface area contributed by atoms with Gasteiger partial charge in [0.2, 0.25) is 10.0 Å². The van der Waals surface area contributed by atoms with Crippen LogP contribution in [0.1, 0.15) is 16.1 Å². The van der Waals surface area contributed by atoms with Gasteiger partial charge in [-0.2, -0.15) is 0 Å². The average molecular weight is 372 g/mol. The lowest BCUT2D eigenvalue weighted by molar-refractivity contribution is 0.0437. The second kappa shape index (κ2) is 7.51. The number of carbonyl (C=O) groups is 1. The van der Waals surface area contributed by atoms with E-state index >= 15 is 0 Å². The molecule has 0 saturated heterocycles. The molecule has 7 nitrogen and oxygen atoms in total. The Hall–Kier alpha value is -2.97. The fourth-order valence-electron chi connectivity index (χ4n) is 2.23. The van der Waals surface area contributed by atoms with E-state index in [0.717, 1.165) is 5.56 Å². The van der Waals surface area contributed by atoms with Crippen molar-refractivity contribution in [3.05, 3.63) is 72.0 Å². The van der Waals surface area contributed by atoms with Gasteiger partial charge in [0.05, 0.1) is 10.5 Å². The van der Waals surface area contributed by atoms with Gasteiger partial charge in [-0.15, -0.1) is 0 Å². The fraction of sp³-hybridized carbons (Fsp3) is 0.111. The Morgan fingerprint density at radius 1 is 1.12 bits per heavy atom. The minimum atomic E-state index is -3.54. The summed E-state index contributed by atoms with van der Waals surface area (Å²) in [6.45, 7) is -0.0742. The summed E-state index contributed by atoms with van der Waals surface area (Å²) in [6.07, 6.45) is 0. The molecule has 0 aliphatic heterocycles. The highest BCUT2D eigenvalue weighted by atomic mass is 32.2. The van der Waals surface area contributed by atoms with E-state index in [4.69, 9.17) is 9.26 Å². The van der Waals surface area contributed by atoms with Crippen LogP contribution in [0.25, 0.3) is 11.3 Å². The van der Waals surface area contributed by atoms with Crippen LogP contribution in [-0.4, -0.2) is 26.6 Å². The van der Waals surface area contributed by atoms with Crippen LogP contribution >= 0.6 is 0 Å². The standard InChI is InChI=1S/C18H16N2O5S/c1-19-26(22,23)16-9-7-14(8-10-16)18(21)24-12-15-11-17(20-25-15)13-5-3-2-4-6-13/h2-11,19H,12H2,1H3. The maximum atomic E-state index is 12.1. The maximum Gasteiger partial charge on any atom is 0.338 e. The Morgan fingerprint density at radius 3 is 2.46 bits per heavy atom. The number of rotatable bonds is 6. The first-order chi connectivity index (χ1) is 12.5. The van der Waals surface area contributed by atoms with Gasteiger partial charge in [-0.25, -0.2) is 17.9 Å². The molecular formula is C18H16N2O5S. The molecule has 0 unspecified atom stereocenters. The van der Waals surface area contributed by atoms with Crippen molar-refractivity contribution in [1.82, 2.24) is 9.88 Å². The van der Waals surface area contributed by atoms with Crippen LogP contribution in [0.15, 0.2) is 70.1 Å². The Labute approximate surface area is 150 Å². The highest BCUT2D eigenvalue weighted by Crippen LogP contribution is 2.19. The van der Waals surface area contributed by atoms with Crippen molar-refractivity contribution in [3.63, 3.8) is 0 Å². The first kappa shape index (κ1) is 17.8. The number of hydrogen-bond acceptors (Lipinski definition) is 6. The first-order valence-electron chi connectivity index (χ1n) is 7.71. The summed E-state index contributed by atoms with van der Waals surface area (Å²) in [6, 6.07) is 16.6. The van der Waals surface area contributed by atoms with E-state index in [1.807, 2.05) is 30.3 Å². The fourth-order valence-corrected chi connectivity index (χ4v) is 2.96. The van der Waals surface area contributed by atoms with Crippen LogP contribution in [0.5, 0.6) is 0 Å². The molecule has 0 aliphatic rings. The number of sulfonamides is 1. The van der Waals surface area contributed by atoms with E-state index in [1.54, 1.807) is 6.07 Å². The van der Waals surface area contributed by atoms with E-state index in [-0.39, 0.29) is 17.1 Å². The molecule has 3 rings (SSSR count). The minimum Gasteiger partial charge on any atom is -0.454 e. The maximum absolute atomic E-state index is 12.1. The SMILES string of the molecule is CNS(=O)(=O)c1ccc(C(=O)OCc2cc(-c3ccccc3)no2)cc1. The van der Waals surface area contributed by atoms with Crippen molar-refractivity contribution < 1.29 is 22.5 Å². The molecule has 8 heteroatoms. The van der Waals surface area contributed by atoms with Crippen molar-refractivity contribution in [2.45, 2.75) is 11.5 Å². The Bertz CT molecular complexity index is 996. The molecule has 26 heavy (non-hydrogen) atoms. The number of esters is 1. The molecule has 0 atom stereocenters. The van der Waals surface area contributed by atoms with Gasteiger partial charge < -0.3 is 9.26 Å². The topological polar surface area (TPSA) is 98.5 Å². The second-order valence-electron chi connectivity index (χ2n) is 5.35. The van der Waals surface area contributed by atoms with Gasteiger partial charge in [-0.1, -0.05) is 35.5 Å². The molecule has 1 heterocycles. The zero-order valence-corrected chi connectivity index (χ0v) is 14.7. The van der Waals surface area contributed by atoms with Crippen molar-refractivity contribution in [2.24, 2.45) is 0 Å². The predicted molar refractivity (Wildman–Crippen MR) is 93.7 cm³/mol. The van der Waals surface area contributed by atoms with Crippen LogP contribution in [0.4, 0.5) is 0 Å².